The fourth-order valence-corrected chi connectivity index (χ4v) is 4.49. The third-order valence-corrected chi connectivity index (χ3v) is 6.23. The molecule has 0 bridgehead atoms. The SMILES string of the molecule is O=C(Nc1cccc(Cl)c1)c1ccc(Cl)c(S(=O)(=O)NC[C@H]2CCCO2)c1. The standard InChI is InChI=1S/C18H18Cl2N2O4S/c19-13-3-1-4-14(10-13)22-18(23)12-6-7-16(20)17(9-12)27(24,25)21-11-15-5-2-8-26-15/h1,3-4,6-7,9-10,15,21H,2,5,8,11H2,(H,22,23)/t15-/m1/s1. The number of hydrogen-bond donors (Lipinski definition) is 2. The fraction of sp³-hybridized carbons (Fsp3) is 0.278. The van der Waals surface area contributed by atoms with Crippen molar-refractivity contribution in [3.05, 3.63) is 58.1 Å². The molecule has 9 heteroatoms. The highest BCUT2D eigenvalue weighted by Gasteiger charge is 2.23. The number of ether oxygens (including phenoxy) is 1. The van der Waals surface area contributed by atoms with Crippen molar-refractivity contribution in [1.29, 1.82) is 0 Å². The second kappa shape index (κ2) is 8.58. The number of carbonyl (C=O) groups excluding carboxylic acids is 1. The molecule has 0 spiro atoms. The van der Waals surface area contributed by atoms with E-state index in [1.165, 1.54) is 18.2 Å². The molecule has 2 N–H and O–H groups in total. The van der Waals surface area contributed by atoms with Crippen molar-refractivity contribution in [1.82, 2.24) is 4.72 Å². The molecule has 3 rings (SSSR count). The lowest BCUT2D eigenvalue weighted by Crippen LogP contribution is -2.32. The first-order valence-corrected chi connectivity index (χ1v) is 10.6. The van der Waals surface area contributed by atoms with Crippen molar-refractivity contribution in [2.45, 2.75) is 23.8 Å². The third-order valence-electron chi connectivity index (χ3n) is 4.09. The number of halogens is 2. The van der Waals surface area contributed by atoms with Gasteiger partial charge in [0, 0.05) is 29.4 Å². The van der Waals surface area contributed by atoms with Gasteiger partial charge in [0.2, 0.25) is 10.0 Å². The Morgan fingerprint density at radius 3 is 2.70 bits per heavy atom. The summed E-state index contributed by atoms with van der Waals surface area (Å²) in [4.78, 5) is 12.3. The van der Waals surface area contributed by atoms with Gasteiger partial charge in [-0.3, -0.25) is 4.79 Å². The molecule has 0 aliphatic carbocycles. The number of amides is 1. The van der Waals surface area contributed by atoms with E-state index in [0.717, 1.165) is 12.8 Å². The van der Waals surface area contributed by atoms with Crippen LogP contribution in [0.4, 0.5) is 5.69 Å². The lowest BCUT2D eigenvalue weighted by atomic mass is 10.2. The largest absolute Gasteiger partial charge is 0.377 e. The summed E-state index contributed by atoms with van der Waals surface area (Å²) in [5.41, 5.74) is 0.667. The van der Waals surface area contributed by atoms with Gasteiger partial charge in [-0.25, -0.2) is 13.1 Å². The Morgan fingerprint density at radius 1 is 1.19 bits per heavy atom. The van der Waals surface area contributed by atoms with Crippen LogP contribution >= 0.6 is 23.2 Å². The first-order valence-electron chi connectivity index (χ1n) is 8.33. The lowest BCUT2D eigenvalue weighted by Gasteiger charge is -2.13. The first kappa shape index (κ1) is 20.1. The Labute approximate surface area is 167 Å². The zero-order valence-corrected chi connectivity index (χ0v) is 16.6. The van der Waals surface area contributed by atoms with Crippen LogP contribution < -0.4 is 10.0 Å². The number of sulfonamides is 1. The van der Waals surface area contributed by atoms with Crippen LogP contribution in [0.1, 0.15) is 23.2 Å². The number of rotatable bonds is 6. The number of anilines is 1. The molecule has 1 heterocycles. The molecular formula is C18H18Cl2N2O4S. The second-order valence-corrected chi connectivity index (χ2v) is 8.68. The zero-order chi connectivity index (χ0) is 19.4. The topological polar surface area (TPSA) is 84.5 Å². The molecule has 0 saturated carbocycles. The zero-order valence-electron chi connectivity index (χ0n) is 14.2. The van der Waals surface area contributed by atoms with E-state index in [1.54, 1.807) is 24.3 Å². The van der Waals surface area contributed by atoms with Gasteiger partial charge in [-0.1, -0.05) is 29.3 Å². The van der Waals surface area contributed by atoms with Crippen LogP contribution in [0.3, 0.4) is 0 Å². The van der Waals surface area contributed by atoms with Crippen molar-refractivity contribution in [2.24, 2.45) is 0 Å². The van der Waals surface area contributed by atoms with E-state index in [2.05, 4.69) is 10.0 Å². The molecule has 144 valence electrons. The van der Waals surface area contributed by atoms with E-state index in [9.17, 15) is 13.2 Å². The molecule has 1 atom stereocenters. The van der Waals surface area contributed by atoms with E-state index in [4.69, 9.17) is 27.9 Å². The molecule has 27 heavy (non-hydrogen) atoms. The minimum Gasteiger partial charge on any atom is -0.377 e. The highest BCUT2D eigenvalue weighted by atomic mass is 35.5. The minimum atomic E-state index is -3.88. The van der Waals surface area contributed by atoms with Gasteiger partial charge in [-0.2, -0.15) is 0 Å². The maximum Gasteiger partial charge on any atom is 0.255 e. The van der Waals surface area contributed by atoms with Gasteiger partial charge in [0.15, 0.2) is 0 Å². The molecule has 1 aliphatic rings. The molecule has 2 aromatic carbocycles. The van der Waals surface area contributed by atoms with Crippen LogP contribution in [0.2, 0.25) is 10.0 Å². The van der Waals surface area contributed by atoms with Crippen molar-refractivity contribution in [2.75, 3.05) is 18.5 Å². The smallest absolute Gasteiger partial charge is 0.255 e. The first-order chi connectivity index (χ1) is 12.8. The van der Waals surface area contributed by atoms with Gasteiger partial charge in [0.25, 0.3) is 5.91 Å². The Bertz CT molecular complexity index is 944. The van der Waals surface area contributed by atoms with Crippen LogP contribution in [0.15, 0.2) is 47.4 Å². The van der Waals surface area contributed by atoms with Gasteiger partial charge in [-0.15, -0.1) is 0 Å². The van der Waals surface area contributed by atoms with Gasteiger partial charge in [0.05, 0.1) is 11.1 Å². The highest BCUT2D eigenvalue weighted by molar-refractivity contribution is 7.89. The lowest BCUT2D eigenvalue weighted by molar-refractivity contribution is 0.102. The second-order valence-electron chi connectivity index (χ2n) is 6.10. The Hall–Kier alpha value is -1.64. The number of carbonyl (C=O) groups is 1. The Morgan fingerprint density at radius 2 is 2.00 bits per heavy atom. The van der Waals surface area contributed by atoms with Crippen molar-refractivity contribution < 1.29 is 17.9 Å². The van der Waals surface area contributed by atoms with E-state index < -0.39 is 15.9 Å². The minimum absolute atomic E-state index is 0.0362. The summed E-state index contributed by atoms with van der Waals surface area (Å²) in [5.74, 6) is -0.468. The molecule has 0 aromatic heterocycles. The average molecular weight is 429 g/mol. The van der Waals surface area contributed by atoms with E-state index in [0.29, 0.717) is 17.3 Å². The number of nitrogens with one attached hydrogen (secondary N) is 2. The van der Waals surface area contributed by atoms with Crippen LogP contribution in [0.25, 0.3) is 0 Å². The predicted octanol–water partition coefficient (Wildman–Crippen LogP) is 3.70. The maximum atomic E-state index is 12.6. The van der Waals surface area contributed by atoms with Crippen LogP contribution in [0.5, 0.6) is 0 Å². The third kappa shape index (κ3) is 5.21. The van der Waals surface area contributed by atoms with Gasteiger partial charge >= 0.3 is 0 Å². The maximum absolute atomic E-state index is 12.6. The van der Waals surface area contributed by atoms with Crippen LogP contribution in [-0.2, 0) is 14.8 Å². The molecule has 1 saturated heterocycles. The molecule has 1 fully saturated rings. The summed E-state index contributed by atoms with van der Waals surface area (Å²) < 4.78 is 33.1. The Balaban J connectivity index is 1.77. The molecular weight excluding hydrogens is 411 g/mol. The van der Waals surface area contributed by atoms with Crippen molar-refractivity contribution in [3.63, 3.8) is 0 Å². The summed E-state index contributed by atoms with van der Waals surface area (Å²) in [6.07, 6.45) is 1.57. The van der Waals surface area contributed by atoms with Crippen molar-refractivity contribution >= 4 is 44.8 Å². The molecule has 1 amide bonds. The quantitative estimate of drug-likeness (QED) is 0.734. The summed E-state index contributed by atoms with van der Waals surface area (Å²) >= 11 is 12.0. The van der Waals surface area contributed by atoms with Gasteiger partial charge in [0.1, 0.15) is 4.90 Å². The van der Waals surface area contributed by atoms with Gasteiger partial charge < -0.3 is 10.1 Å². The molecule has 2 aromatic rings. The fourth-order valence-electron chi connectivity index (χ4n) is 2.71. The van der Waals surface area contributed by atoms with Gasteiger partial charge in [-0.05, 0) is 49.2 Å². The summed E-state index contributed by atoms with van der Waals surface area (Å²) in [6.45, 7) is 0.796. The predicted molar refractivity (Wildman–Crippen MR) is 105 cm³/mol. The number of hydrogen-bond acceptors (Lipinski definition) is 4. The monoisotopic (exact) mass is 428 g/mol. The summed E-state index contributed by atoms with van der Waals surface area (Å²) in [5, 5.41) is 3.19. The number of benzene rings is 2. The highest BCUT2D eigenvalue weighted by Crippen LogP contribution is 2.24. The normalized spacial score (nSPS) is 17.0. The molecule has 1 aliphatic heterocycles. The van der Waals surface area contributed by atoms with Crippen LogP contribution in [-0.4, -0.2) is 33.6 Å². The van der Waals surface area contributed by atoms with E-state index in [-0.39, 0.29) is 28.1 Å². The van der Waals surface area contributed by atoms with Crippen LogP contribution in [0, 0.1) is 0 Å². The van der Waals surface area contributed by atoms with E-state index in [1.807, 2.05) is 0 Å². The molecule has 0 unspecified atom stereocenters. The summed E-state index contributed by atoms with van der Waals surface area (Å²) in [7, 11) is -3.88. The Kier molecular flexibility index (Phi) is 6.39. The van der Waals surface area contributed by atoms with Crippen molar-refractivity contribution in [3.8, 4) is 0 Å². The molecule has 6 nitrogen and oxygen atoms in total. The van der Waals surface area contributed by atoms with E-state index >= 15 is 0 Å². The summed E-state index contributed by atoms with van der Waals surface area (Å²) in [6, 6.07) is 10.8. The molecule has 0 radical (unpaired) electrons. The average Bonchev–Trinajstić information content (AvgIpc) is 3.14.